The Hall–Kier alpha value is -1.45. The molecule has 0 saturated heterocycles. The van der Waals surface area contributed by atoms with E-state index in [0.717, 1.165) is 12.0 Å². The molecule has 6 heteroatoms. The predicted molar refractivity (Wildman–Crippen MR) is 69.2 cm³/mol. The van der Waals surface area contributed by atoms with Gasteiger partial charge < -0.3 is 0 Å². The third kappa shape index (κ3) is 6.33. The second kappa shape index (κ2) is 7.80. The number of pyridine rings is 1. The summed E-state index contributed by atoms with van der Waals surface area (Å²) >= 11 is 0. The van der Waals surface area contributed by atoms with Crippen molar-refractivity contribution in [2.24, 2.45) is 0 Å². The first-order valence-electron chi connectivity index (χ1n) is 5.87. The van der Waals surface area contributed by atoms with Crippen LogP contribution in [0.3, 0.4) is 0 Å². The van der Waals surface area contributed by atoms with Crippen LogP contribution in [-0.2, 0) is 16.4 Å². The molecule has 0 spiro atoms. The Labute approximate surface area is 108 Å². The summed E-state index contributed by atoms with van der Waals surface area (Å²) < 4.78 is 25.8. The Morgan fingerprint density at radius 2 is 2.00 bits per heavy atom. The minimum atomic E-state index is -3.22. The largest absolute Gasteiger partial charge is 0.265 e. The van der Waals surface area contributed by atoms with E-state index >= 15 is 0 Å². The Balaban J connectivity index is 2.26. The van der Waals surface area contributed by atoms with E-state index in [0.29, 0.717) is 25.8 Å². The molecule has 98 valence electrons. The van der Waals surface area contributed by atoms with Gasteiger partial charge in [-0.25, -0.2) is 13.1 Å². The molecule has 0 amide bonds. The van der Waals surface area contributed by atoms with Crippen molar-refractivity contribution in [2.75, 3.05) is 12.3 Å². The summed E-state index contributed by atoms with van der Waals surface area (Å²) in [6, 6.07) is 5.64. The molecule has 0 bridgehead atoms. The molecule has 0 saturated carbocycles. The Morgan fingerprint density at radius 1 is 1.28 bits per heavy atom. The van der Waals surface area contributed by atoms with E-state index in [-0.39, 0.29) is 5.75 Å². The summed E-state index contributed by atoms with van der Waals surface area (Å²) in [5.41, 5.74) is 0.958. The quantitative estimate of drug-likeness (QED) is 0.718. The molecule has 1 aromatic heterocycles. The molecule has 0 aliphatic heterocycles. The van der Waals surface area contributed by atoms with E-state index in [1.807, 2.05) is 18.2 Å². The molecule has 1 rings (SSSR count). The van der Waals surface area contributed by atoms with Crippen LogP contribution < -0.4 is 4.72 Å². The Kier molecular flexibility index (Phi) is 6.33. The van der Waals surface area contributed by atoms with Crippen LogP contribution in [-0.4, -0.2) is 25.7 Å². The highest BCUT2D eigenvalue weighted by Gasteiger charge is 2.09. The monoisotopic (exact) mass is 267 g/mol. The second-order valence-electron chi connectivity index (χ2n) is 3.93. The van der Waals surface area contributed by atoms with Gasteiger partial charge in [-0.2, -0.15) is 5.26 Å². The molecule has 0 fully saturated rings. The van der Waals surface area contributed by atoms with Gasteiger partial charge in [0, 0.05) is 25.4 Å². The van der Waals surface area contributed by atoms with Crippen molar-refractivity contribution in [3.63, 3.8) is 0 Å². The third-order valence-corrected chi connectivity index (χ3v) is 3.83. The van der Waals surface area contributed by atoms with Gasteiger partial charge in [-0.15, -0.1) is 0 Å². The third-order valence-electron chi connectivity index (χ3n) is 2.45. The fraction of sp³-hybridized carbons (Fsp3) is 0.500. The maximum Gasteiger partial charge on any atom is 0.211 e. The molecule has 18 heavy (non-hydrogen) atoms. The van der Waals surface area contributed by atoms with Gasteiger partial charge in [0.2, 0.25) is 10.0 Å². The zero-order valence-electron chi connectivity index (χ0n) is 10.2. The van der Waals surface area contributed by atoms with E-state index in [2.05, 4.69) is 9.71 Å². The van der Waals surface area contributed by atoms with Crippen molar-refractivity contribution >= 4 is 10.0 Å². The van der Waals surface area contributed by atoms with E-state index in [1.165, 1.54) is 0 Å². The van der Waals surface area contributed by atoms with E-state index < -0.39 is 10.0 Å². The summed E-state index contributed by atoms with van der Waals surface area (Å²) in [6.07, 6.45) is 5.68. The van der Waals surface area contributed by atoms with Crippen molar-refractivity contribution in [1.82, 2.24) is 9.71 Å². The fourth-order valence-electron chi connectivity index (χ4n) is 1.43. The van der Waals surface area contributed by atoms with Crippen molar-refractivity contribution in [2.45, 2.75) is 25.7 Å². The molecular weight excluding hydrogens is 250 g/mol. The topological polar surface area (TPSA) is 82.9 Å². The molecule has 0 atom stereocenters. The summed E-state index contributed by atoms with van der Waals surface area (Å²) in [5.74, 6) is 0.0786. The SMILES string of the molecule is N#CCCCCNS(=O)(=O)CCc1ccncc1. The minimum Gasteiger partial charge on any atom is -0.265 e. The highest BCUT2D eigenvalue weighted by Crippen LogP contribution is 2.00. The van der Waals surface area contributed by atoms with Gasteiger partial charge in [-0.3, -0.25) is 4.98 Å². The predicted octanol–water partition coefficient (Wildman–Crippen LogP) is 1.24. The standard InChI is InChI=1S/C12H17N3O2S/c13-7-2-1-3-8-15-18(16,17)11-6-12-4-9-14-10-5-12/h4-5,9-10,15H,1-3,6,8,11H2. The number of hydrogen-bond donors (Lipinski definition) is 1. The van der Waals surface area contributed by atoms with Crippen LogP contribution >= 0.6 is 0 Å². The van der Waals surface area contributed by atoms with Gasteiger partial charge in [0.1, 0.15) is 0 Å². The van der Waals surface area contributed by atoms with Gasteiger partial charge in [-0.05, 0) is 37.0 Å². The number of nitrogens with one attached hydrogen (secondary N) is 1. The first-order valence-corrected chi connectivity index (χ1v) is 7.52. The molecule has 0 aromatic carbocycles. The normalized spacial score (nSPS) is 11.1. The summed E-state index contributed by atoms with van der Waals surface area (Å²) in [5, 5.41) is 8.34. The maximum absolute atomic E-state index is 11.6. The van der Waals surface area contributed by atoms with E-state index in [4.69, 9.17) is 5.26 Å². The summed E-state index contributed by atoms with van der Waals surface area (Å²) in [7, 11) is -3.22. The fourth-order valence-corrected chi connectivity index (χ4v) is 2.53. The lowest BCUT2D eigenvalue weighted by molar-refractivity contribution is 0.576. The van der Waals surface area contributed by atoms with Crippen LogP contribution in [0, 0.1) is 11.3 Å². The number of aryl methyl sites for hydroxylation is 1. The van der Waals surface area contributed by atoms with Crippen molar-refractivity contribution in [3.05, 3.63) is 30.1 Å². The lowest BCUT2D eigenvalue weighted by Crippen LogP contribution is -2.28. The molecule has 0 aliphatic carbocycles. The molecule has 0 radical (unpaired) electrons. The number of nitriles is 1. The van der Waals surface area contributed by atoms with Crippen LogP contribution in [0.2, 0.25) is 0 Å². The van der Waals surface area contributed by atoms with Crippen LogP contribution in [0.4, 0.5) is 0 Å². The van der Waals surface area contributed by atoms with Crippen molar-refractivity contribution in [1.29, 1.82) is 5.26 Å². The van der Waals surface area contributed by atoms with Gasteiger partial charge >= 0.3 is 0 Å². The van der Waals surface area contributed by atoms with Crippen molar-refractivity contribution < 1.29 is 8.42 Å². The molecule has 1 N–H and O–H groups in total. The number of nitrogens with zero attached hydrogens (tertiary/aromatic N) is 2. The van der Waals surface area contributed by atoms with Crippen LogP contribution in [0.25, 0.3) is 0 Å². The molecule has 1 heterocycles. The molecule has 0 unspecified atom stereocenters. The number of unbranched alkanes of at least 4 members (excludes halogenated alkanes) is 2. The first kappa shape index (κ1) is 14.6. The lowest BCUT2D eigenvalue weighted by atomic mass is 10.2. The summed E-state index contributed by atoms with van der Waals surface area (Å²) in [4.78, 5) is 3.88. The highest BCUT2D eigenvalue weighted by atomic mass is 32.2. The zero-order valence-corrected chi connectivity index (χ0v) is 11.0. The number of hydrogen-bond acceptors (Lipinski definition) is 4. The first-order chi connectivity index (χ1) is 8.64. The lowest BCUT2D eigenvalue weighted by Gasteiger charge is -2.06. The van der Waals surface area contributed by atoms with E-state index in [9.17, 15) is 8.42 Å². The molecule has 5 nitrogen and oxygen atoms in total. The number of rotatable bonds is 8. The smallest absolute Gasteiger partial charge is 0.211 e. The number of aromatic nitrogens is 1. The zero-order chi connectivity index (χ0) is 13.3. The molecule has 0 aliphatic rings. The van der Waals surface area contributed by atoms with Gasteiger partial charge in [-0.1, -0.05) is 0 Å². The Bertz CT molecular complexity index is 480. The molecular formula is C12H17N3O2S. The maximum atomic E-state index is 11.6. The average Bonchev–Trinajstić information content (AvgIpc) is 2.38. The van der Waals surface area contributed by atoms with Crippen LogP contribution in [0.15, 0.2) is 24.5 Å². The van der Waals surface area contributed by atoms with Crippen LogP contribution in [0.1, 0.15) is 24.8 Å². The number of sulfonamides is 1. The van der Waals surface area contributed by atoms with E-state index in [1.54, 1.807) is 12.4 Å². The van der Waals surface area contributed by atoms with Gasteiger partial charge in [0.15, 0.2) is 0 Å². The van der Waals surface area contributed by atoms with Crippen LogP contribution in [0.5, 0.6) is 0 Å². The highest BCUT2D eigenvalue weighted by molar-refractivity contribution is 7.89. The summed E-state index contributed by atoms with van der Waals surface area (Å²) in [6.45, 7) is 0.403. The Morgan fingerprint density at radius 3 is 2.67 bits per heavy atom. The van der Waals surface area contributed by atoms with Crippen molar-refractivity contribution in [3.8, 4) is 6.07 Å². The van der Waals surface area contributed by atoms with Gasteiger partial charge in [0.05, 0.1) is 11.8 Å². The van der Waals surface area contributed by atoms with Gasteiger partial charge in [0.25, 0.3) is 0 Å². The average molecular weight is 267 g/mol. The second-order valence-corrected chi connectivity index (χ2v) is 5.86. The molecule has 1 aromatic rings. The minimum absolute atomic E-state index is 0.0786.